The van der Waals surface area contributed by atoms with E-state index in [0.717, 1.165) is 49.3 Å². The van der Waals surface area contributed by atoms with E-state index in [1.54, 1.807) is 0 Å². The Bertz CT molecular complexity index is 832. The topological polar surface area (TPSA) is 61.0 Å². The molecule has 0 spiro atoms. The highest BCUT2D eigenvalue weighted by Crippen LogP contribution is 2.11. The summed E-state index contributed by atoms with van der Waals surface area (Å²) in [5, 5.41) is 2.99. The Balaban J connectivity index is 1.44. The van der Waals surface area contributed by atoms with Crippen molar-refractivity contribution in [1.82, 2.24) is 20.2 Å². The summed E-state index contributed by atoms with van der Waals surface area (Å²) in [5.41, 5.74) is 3.99. The summed E-state index contributed by atoms with van der Waals surface area (Å²) < 4.78 is 0. The van der Waals surface area contributed by atoms with Crippen molar-refractivity contribution in [3.8, 4) is 0 Å². The highest BCUT2D eigenvalue weighted by atomic mass is 16.1. The molecule has 0 fully saturated rings. The summed E-state index contributed by atoms with van der Waals surface area (Å²) in [6.07, 6.45) is 1.67. The molecule has 2 aromatic carbocycles. The highest BCUT2D eigenvalue weighted by molar-refractivity contribution is 5.94. The summed E-state index contributed by atoms with van der Waals surface area (Å²) in [5.74, 6) is 0.945. The Labute approximate surface area is 160 Å². The lowest BCUT2D eigenvalue weighted by molar-refractivity contribution is 0.0953. The van der Waals surface area contributed by atoms with E-state index in [1.165, 1.54) is 5.56 Å². The number of imidazole rings is 1. The maximum atomic E-state index is 12.3. The maximum Gasteiger partial charge on any atom is 0.251 e. The second-order valence-electron chi connectivity index (χ2n) is 6.72. The Morgan fingerprint density at radius 3 is 2.52 bits per heavy atom. The first-order valence-corrected chi connectivity index (χ1v) is 9.72. The van der Waals surface area contributed by atoms with Crippen molar-refractivity contribution in [2.24, 2.45) is 0 Å². The number of aryl methyl sites for hydroxylation is 1. The zero-order chi connectivity index (χ0) is 19.1. The zero-order valence-corrected chi connectivity index (χ0v) is 16.2. The molecule has 1 amide bonds. The van der Waals surface area contributed by atoms with E-state index < -0.39 is 0 Å². The molecule has 0 atom stereocenters. The van der Waals surface area contributed by atoms with Gasteiger partial charge >= 0.3 is 0 Å². The van der Waals surface area contributed by atoms with E-state index in [2.05, 4.69) is 34.0 Å². The van der Waals surface area contributed by atoms with Gasteiger partial charge in [-0.2, -0.15) is 0 Å². The van der Waals surface area contributed by atoms with Crippen LogP contribution in [0.2, 0.25) is 0 Å². The number of hydrogen-bond acceptors (Lipinski definition) is 3. The number of aromatic nitrogens is 2. The van der Waals surface area contributed by atoms with E-state index >= 15 is 0 Å². The van der Waals surface area contributed by atoms with Crippen LogP contribution >= 0.6 is 0 Å². The fourth-order valence-corrected chi connectivity index (χ4v) is 3.15. The molecule has 0 radical (unpaired) electrons. The van der Waals surface area contributed by atoms with Gasteiger partial charge in [-0.3, -0.25) is 9.69 Å². The number of nitrogens with zero attached hydrogens (tertiary/aromatic N) is 2. The average Bonchev–Trinajstić information content (AvgIpc) is 3.12. The number of benzene rings is 2. The predicted octanol–water partition coefficient (Wildman–Crippen LogP) is 3.77. The fraction of sp³-hybridized carbons (Fsp3) is 0.364. The first-order chi connectivity index (χ1) is 13.2. The van der Waals surface area contributed by atoms with Gasteiger partial charge in [0.15, 0.2) is 0 Å². The Kier molecular flexibility index (Phi) is 6.60. The summed E-state index contributed by atoms with van der Waals surface area (Å²) in [6, 6.07) is 15.9. The van der Waals surface area contributed by atoms with Gasteiger partial charge in [0.05, 0.1) is 11.0 Å². The van der Waals surface area contributed by atoms with Crippen LogP contribution in [0.3, 0.4) is 0 Å². The molecule has 3 aromatic rings. The third-order valence-corrected chi connectivity index (χ3v) is 4.83. The maximum absolute atomic E-state index is 12.3. The molecule has 5 nitrogen and oxygen atoms in total. The van der Waals surface area contributed by atoms with Crippen LogP contribution in [0.5, 0.6) is 0 Å². The number of nitrogens with one attached hydrogen (secondary N) is 2. The van der Waals surface area contributed by atoms with Gasteiger partial charge < -0.3 is 10.3 Å². The normalized spacial score (nSPS) is 11.2. The van der Waals surface area contributed by atoms with Gasteiger partial charge in [-0.1, -0.05) is 38.1 Å². The van der Waals surface area contributed by atoms with Crippen LogP contribution < -0.4 is 5.32 Å². The van der Waals surface area contributed by atoms with Crippen LogP contribution in [0.1, 0.15) is 42.0 Å². The van der Waals surface area contributed by atoms with Crippen LogP contribution in [-0.2, 0) is 13.0 Å². The molecule has 0 aliphatic heterocycles. The zero-order valence-electron chi connectivity index (χ0n) is 16.2. The fourth-order valence-electron chi connectivity index (χ4n) is 3.15. The van der Waals surface area contributed by atoms with E-state index in [-0.39, 0.29) is 5.91 Å². The van der Waals surface area contributed by atoms with Crippen molar-refractivity contribution >= 4 is 16.9 Å². The van der Waals surface area contributed by atoms with Crippen LogP contribution in [0.25, 0.3) is 11.0 Å². The number of carbonyl (C=O) groups is 1. The lowest BCUT2D eigenvalue weighted by Gasteiger charge is -2.18. The van der Waals surface area contributed by atoms with E-state index in [9.17, 15) is 4.79 Å². The first-order valence-electron chi connectivity index (χ1n) is 9.72. The monoisotopic (exact) mass is 364 g/mol. The van der Waals surface area contributed by atoms with Crippen molar-refractivity contribution in [2.75, 3.05) is 19.6 Å². The van der Waals surface area contributed by atoms with Gasteiger partial charge in [0.2, 0.25) is 0 Å². The van der Waals surface area contributed by atoms with Crippen molar-refractivity contribution in [1.29, 1.82) is 0 Å². The van der Waals surface area contributed by atoms with E-state index in [4.69, 9.17) is 0 Å². The summed E-state index contributed by atoms with van der Waals surface area (Å²) in [4.78, 5) is 22.5. The Morgan fingerprint density at radius 1 is 1.07 bits per heavy atom. The van der Waals surface area contributed by atoms with Crippen LogP contribution in [0.15, 0.2) is 48.5 Å². The molecule has 0 saturated carbocycles. The number of rotatable bonds is 9. The second kappa shape index (κ2) is 9.33. The van der Waals surface area contributed by atoms with E-state index in [1.807, 2.05) is 48.5 Å². The lowest BCUT2D eigenvalue weighted by Crippen LogP contribution is -2.25. The number of H-pyrrole nitrogens is 1. The molecule has 0 aliphatic rings. The minimum atomic E-state index is -0.0194. The van der Waals surface area contributed by atoms with E-state index in [0.29, 0.717) is 12.1 Å². The predicted molar refractivity (Wildman–Crippen MR) is 110 cm³/mol. The van der Waals surface area contributed by atoms with Gasteiger partial charge in [0.25, 0.3) is 5.91 Å². The SMILES string of the molecule is CCN(CC)Cc1ccc(C(=O)NCCCc2nc3ccccc3[nH]2)cc1. The largest absolute Gasteiger partial charge is 0.352 e. The molecule has 5 heteroatoms. The number of para-hydroxylation sites is 2. The average molecular weight is 364 g/mol. The first kappa shape index (κ1) is 19.1. The number of fused-ring (bicyclic) bond motifs is 1. The molecule has 0 unspecified atom stereocenters. The molecule has 0 aliphatic carbocycles. The second-order valence-corrected chi connectivity index (χ2v) is 6.72. The summed E-state index contributed by atoms with van der Waals surface area (Å²) in [7, 11) is 0. The molecule has 1 aromatic heterocycles. The quantitative estimate of drug-likeness (QED) is 0.568. The Hall–Kier alpha value is -2.66. The molecule has 0 bridgehead atoms. The number of hydrogen-bond donors (Lipinski definition) is 2. The molecule has 2 N–H and O–H groups in total. The summed E-state index contributed by atoms with van der Waals surface area (Å²) >= 11 is 0. The molecule has 0 saturated heterocycles. The minimum Gasteiger partial charge on any atom is -0.352 e. The molecule has 27 heavy (non-hydrogen) atoms. The van der Waals surface area contributed by atoms with Crippen LogP contribution in [0, 0.1) is 0 Å². The van der Waals surface area contributed by atoms with Crippen molar-refractivity contribution < 1.29 is 4.79 Å². The highest BCUT2D eigenvalue weighted by Gasteiger charge is 2.07. The standard InChI is InChI=1S/C22H28N4O/c1-3-26(4-2)16-17-11-13-18(14-12-17)22(27)23-15-7-10-21-24-19-8-5-6-9-20(19)25-21/h5-6,8-9,11-14H,3-4,7,10,15-16H2,1-2H3,(H,23,27)(H,24,25). The molecular formula is C22H28N4O. The van der Waals surface area contributed by atoms with Gasteiger partial charge in [0.1, 0.15) is 5.82 Å². The third-order valence-electron chi connectivity index (χ3n) is 4.83. The number of aromatic amines is 1. The molecule has 3 rings (SSSR count). The lowest BCUT2D eigenvalue weighted by atomic mass is 10.1. The van der Waals surface area contributed by atoms with Gasteiger partial charge in [-0.15, -0.1) is 0 Å². The molecular weight excluding hydrogens is 336 g/mol. The molecule has 142 valence electrons. The van der Waals surface area contributed by atoms with Crippen LogP contribution in [-0.4, -0.2) is 40.4 Å². The number of carbonyl (C=O) groups excluding carboxylic acids is 1. The van der Waals surface area contributed by atoms with Crippen molar-refractivity contribution in [3.63, 3.8) is 0 Å². The van der Waals surface area contributed by atoms with Crippen molar-refractivity contribution in [2.45, 2.75) is 33.2 Å². The number of amides is 1. The van der Waals surface area contributed by atoms with Gasteiger partial charge in [-0.25, -0.2) is 4.98 Å². The van der Waals surface area contributed by atoms with Gasteiger partial charge in [0, 0.05) is 25.1 Å². The smallest absolute Gasteiger partial charge is 0.251 e. The Morgan fingerprint density at radius 2 is 1.81 bits per heavy atom. The van der Waals surface area contributed by atoms with Gasteiger partial charge in [-0.05, 0) is 49.3 Å². The summed E-state index contributed by atoms with van der Waals surface area (Å²) in [6.45, 7) is 7.95. The van der Waals surface area contributed by atoms with Crippen LogP contribution in [0.4, 0.5) is 0 Å². The molecule has 1 heterocycles. The minimum absolute atomic E-state index is 0.0194. The third kappa shape index (κ3) is 5.17. The van der Waals surface area contributed by atoms with Crippen molar-refractivity contribution in [3.05, 3.63) is 65.5 Å².